The maximum absolute atomic E-state index is 13.2. The number of amides is 1. The quantitative estimate of drug-likeness (QED) is 0.844. The lowest BCUT2D eigenvalue weighted by atomic mass is 10.3. The van der Waals surface area contributed by atoms with E-state index >= 15 is 0 Å². The molecule has 1 rings (SSSR count). The zero-order valence-corrected chi connectivity index (χ0v) is 11.0. The minimum atomic E-state index is -0.992. The minimum Gasteiger partial charge on any atom is -0.480 e. The first-order chi connectivity index (χ1) is 8.93. The van der Waals surface area contributed by atoms with Crippen LogP contribution in [-0.4, -0.2) is 28.0 Å². The van der Waals surface area contributed by atoms with Crippen molar-refractivity contribution in [1.82, 2.24) is 0 Å². The molecular weight excluding hydrogens is 276 g/mol. The van der Waals surface area contributed by atoms with Crippen LogP contribution in [0.4, 0.5) is 14.5 Å². The summed E-state index contributed by atoms with van der Waals surface area (Å²) < 4.78 is 25.9. The van der Waals surface area contributed by atoms with Crippen molar-refractivity contribution in [1.29, 1.82) is 0 Å². The van der Waals surface area contributed by atoms with Gasteiger partial charge in [-0.15, -0.1) is 11.8 Å². The van der Waals surface area contributed by atoms with Gasteiger partial charge in [-0.05, 0) is 18.6 Å². The maximum atomic E-state index is 13.2. The van der Waals surface area contributed by atoms with Gasteiger partial charge in [-0.1, -0.05) is 6.92 Å². The molecule has 4 nitrogen and oxygen atoms in total. The number of aliphatic carboxylic acids is 1. The van der Waals surface area contributed by atoms with E-state index in [4.69, 9.17) is 5.11 Å². The standard InChI is InChI=1S/C12H13F2NO3S/c1-2-10(12(17)18)19-6-11(16)15-9-4-3-7(13)5-8(9)14/h3-5,10H,2,6H2,1H3,(H,15,16)(H,17,18). The van der Waals surface area contributed by atoms with Gasteiger partial charge >= 0.3 is 5.97 Å². The average Bonchev–Trinajstić information content (AvgIpc) is 2.33. The van der Waals surface area contributed by atoms with Crippen LogP contribution in [0.3, 0.4) is 0 Å². The topological polar surface area (TPSA) is 66.4 Å². The highest BCUT2D eigenvalue weighted by Gasteiger charge is 2.17. The molecule has 0 heterocycles. The smallest absolute Gasteiger partial charge is 0.316 e. The Morgan fingerprint density at radius 2 is 2.11 bits per heavy atom. The van der Waals surface area contributed by atoms with E-state index in [1.54, 1.807) is 6.92 Å². The van der Waals surface area contributed by atoms with Crippen LogP contribution in [0.25, 0.3) is 0 Å². The lowest BCUT2D eigenvalue weighted by Gasteiger charge is -2.10. The highest BCUT2D eigenvalue weighted by Crippen LogP contribution is 2.18. The van der Waals surface area contributed by atoms with Crippen LogP contribution in [-0.2, 0) is 9.59 Å². The van der Waals surface area contributed by atoms with E-state index in [1.807, 2.05) is 0 Å². The molecule has 0 radical (unpaired) electrons. The Bertz CT molecular complexity index is 482. The number of carbonyl (C=O) groups is 2. The Morgan fingerprint density at radius 3 is 2.63 bits per heavy atom. The van der Waals surface area contributed by atoms with Crippen LogP contribution in [0, 0.1) is 11.6 Å². The number of carboxylic acids is 1. The normalized spacial score (nSPS) is 11.9. The number of thioether (sulfide) groups is 1. The molecule has 0 saturated carbocycles. The molecule has 1 aromatic carbocycles. The molecule has 19 heavy (non-hydrogen) atoms. The number of hydrogen-bond donors (Lipinski definition) is 2. The lowest BCUT2D eigenvalue weighted by Crippen LogP contribution is -2.21. The van der Waals surface area contributed by atoms with Crippen molar-refractivity contribution in [3.8, 4) is 0 Å². The largest absolute Gasteiger partial charge is 0.480 e. The molecule has 0 aromatic heterocycles. The summed E-state index contributed by atoms with van der Waals surface area (Å²) in [5.41, 5.74) is -0.129. The van der Waals surface area contributed by atoms with Crippen molar-refractivity contribution >= 4 is 29.3 Å². The van der Waals surface area contributed by atoms with Crippen LogP contribution in [0.2, 0.25) is 0 Å². The number of benzene rings is 1. The molecule has 104 valence electrons. The summed E-state index contributed by atoms with van der Waals surface area (Å²) in [7, 11) is 0. The van der Waals surface area contributed by atoms with Crippen molar-refractivity contribution in [2.45, 2.75) is 18.6 Å². The fourth-order valence-corrected chi connectivity index (χ4v) is 2.12. The fraction of sp³-hybridized carbons (Fsp3) is 0.333. The second-order valence-corrected chi connectivity index (χ2v) is 4.91. The summed E-state index contributed by atoms with van der Waals surface area (Å²) in [5, 5.41) is 10.4. The zero-order chi connectivity index (χ0) is 14.4. The van der Waals surface area contributed by atoms with E-state index in [1.165, 1.54) is 0 Å². The molecule has 0 aliphatic rings. The fourth-order valence-electron chi connectivity index (χ4n) is 1.32. The molecule has 0 saturated heterocycles. The third-order valence-corrected chi connectivity index (χ3v) is 3.63. The first-order valence-electron chi connectivity index (χ1n) is 5.53. The molecule has 0 fully saturated rings. The van der Waals surface area contributed by atoms with E-state index in [0.29, 0.717) is 12.5 Å². The summed E-state index contributed by atoms with van der Waals surface area (Å²) in [5.74, 6) is -3.24. The minimum absolute atomic E-state index is 0.110. The van der Waals surface area contributed by atoms with E-state index < -0.39 is 28.8 Å². The van der Waals surface area contributed by atoms with Gasteiger partial charge in [0, 0.05) is 6.07 Å². The number of rotatable bonds is 6. The van der Waals surface area contributed by atoms with Crippen molar-refractivity contribution in [3.63, 3.8) is 0 Å². The lowest BCUT2D eigenvalue weighted by molar-refractivity contribution is -0.136. The molecule has 0 aliphatic carbocycles. The summed E-state index contributed by atoms with van der Waals surface area (Å²) in [6.07, 6.45) is 0.387. The van der Waals surface area contributed by atoms with Crippen LogP contribution >= 0.6 is 11.8 Å². The number of carboxylic acid groups (broad SMARTS) is 1. The van der Waals surface area contributed by atoms with E-state index in [-0.39, 0.29) is 11.4 Å². The molecule has 1 unspecified atom stereocenters. The van der Waals surface area contributed by atoms with Crippen LogP contribution in [0.5, 0.6) is 0 Å². The third kappa shape index (κ3) is 4.86. The third-order valence-electron chi connectivity index (χ3n) is 2.27. The number of anilines is 1. The Kier molecular flexibility index (Phi) is 5.75. The second kappa shape index (κ2) is 7.08. The zero-order valence-electron chi connectivity index (χ0n) is 10.2. The maximum Gasteiger partial charge on any atom is 0.316 e. The van der Waals surface area contributed by atoms with E-state index in [0.717, 1.165) is 23.9 Å². The number of halogens is 2. The molecule has 0 spiro atoms. The van der Waals surface area contributed by atoms with Gasteiger partial charge in [0.1, 0.15) is 16.9 Å². The summed E-state index contributed by atoms with van der Waals surface area (Å²) in [4.78, 5) is 22.2. The first-order valence-corrected chi connectivity index (χ1v) is 6.58. The SMILES string of the molecule is CCC(SCC(=O)Nc1ccc(F)cc1F)C(=O)O. The van der Waals surface area contributed by atoms with Crippen molar-refractivity contribution in [2.75, 3.05) is 11.1 Å². The monoisotopic (exact) mass is 289 g/mol. The van der Waals surface area contributed by atoms with Gasteiger partial charge in [-0.3, -0.25) is 9.59 Å². The highest BCUT2D eigenvalue weighted by molar-refractivity contribution is 8.01. The van der Waals surface area contributed by atoms with Crippen LogP contribution in [0.15, 0.2) is 18.2 Å². The van der Waals surface area contributed by atoms with Crippen molar-refractivity contribution in [3.05, 3.63) is 29.8 Å². The summed E-state index contributed by atoms with van der Waals surface area (Å²) in [6, 6.07) is 2.80. The first kappa shape index (κ1) is 15.4. The molecule has 0 aliphatic heterocycles. The molecule has 1 aromatic rings. The van der Waals surface area contributed by atoms with Crippen LogP contribution < -0.4 is 5.32 Å². The predicted octanol–water partition coefficient (Wildman–Crippen LogP) is 2.50. The van der Waals surface area contributed by atoms with Gasteiger partial charge < -0.3 is 10.4 Å². The summed E-state index contributed by atoms with van der Waals surface area (Å²) >= 11 is 0.958. The Labute approximate surface area is 113 Å². The Balaban J connectivity index is 2.53. The number of nitrogens with one attached hydrogen (secondary N) is 1. The molecule has 0 bridgehead atoms. The van der Waals surface area contributed by atoms with Gasteiger partial charge in [0.05, 0.1) is 11.4 Å². The number of carbonyl (C=O) groups excluding carboxylic acids is 1. The average molecular weight is 289 g/mol. The van der Waals surface area contributed by atoms with E-state index in [9.17, 15) is 18.4 Å². The van der Waals surface area contributed by atoms with Crippen LogP contribution in [0.1, 0.15) is 13.3 Å². The Hall–Kier alpha value is -1.63. The van der Waals surface area contributed by atoms with Gasteiger partial charge in [-0.2, -0.15) is 0 Å². The van der Waals surface area contributed by atoms with Gasteiger partial charge in [0.25, 0.3) is 0 Å². The van der Waals surface area contributed by atoms with Gasteiger partial charge in [0.15, 0.2) is 0 Å². The Morgan fingerprint density at radius 1 is 1.42 bits per heavy atom. The van der Waals surface area contributed by atoms with Crippen molar-refractivity contribution < 1.29 is 23.5 Å². The predicted molar refractivity (Wildman–Crippen MR) is 69.2 cm³/mol. The number of hydrogen-bond acceptors (Lipinski definition) is 3. The molecule has 1 amide bonds. The molecule has 7 heteroatoms. The highest BCUT2D eigenvalue weighted by atomic mass is 32.2. The van der Waals surface area contributed by atoms with Gasteiger partial charge in [0.2, 0.25) is 5.91 Å². The molecule has 1 atom stereocenters. The summed E-state index contributed by atoms with van der Waals surface area (Å²) in [6.45, 7) is 1.70. The second-order valence-electron chi connectivity index (χ2n) is 3.72. The molecule has 2 N–H and O–H groups in total. The molecular formula is C12H13F2NO3S. The van der Waals surface area contributed by atoms with Gasteiger partial charge in [-0.25, -0.2) is 8.78 Å². The van der Waals surface area contributed by atoms with E-state index in [2.05, 4.69) is 5.32 Å². The van der Waals surface area contributed by atoms with Crippen molar-refractivity contribution in [2.24, 2.45) is 0 Å².